The lowest BCUT2D eigenvalue weighted by molar-refractivity contribution is 0.299. The molecule has 24 heavy (non-hydrogen) atoms. The summed E-state index contributed by atoms with van der Waals surface area (Å²) in [4.78, 5) is 18.9. The fourth-order valence-corrected chi connectivity index (χ4v) is 2.39. The predicted molar refractivity (Wildman–Crippen MR) is 89.1 cm³/mol. The third-order valence-electron chi connectivity index (χ3n) is 3.01. The van der Waals surface area contributed by atoms with E-state index in [0.717, 1.165) is 0 Å². The van der Waals surface area contributed by atoms with Crippen molar-refractivity contribution in [2.75, 3.05) is 19.5 Å². The monoisotopic (exact) mass is 342 g/mol. The molecule has 7 nitrogen and oxygen atoms in total. The Morgan fingerprint density at radius 1 is 1.29 bits per heavy atom. The molecule has 1 N–H and O–H groups in total. The molecule has 0 fully saturated rings. The summed E-state index contributed by atoms with van der Waals surface area (Å²) in [6.07, 6.45) is 1.78. The molecule has 1 aromatic carbocycles. The Hall–Kier alpha value is -2.97. The van der Waals surface area contributed by atoms with Crippen molar-refractivity contribution in [1.82, 2.24) is 9.97 Å². The second-order valence-electron chi connectivity index (χ2n) is 4.45. The molecule has 8 heteroatoms. The van der Waals surface area contributed by atoms with Crippen molar-refractivity contribution in [1.29, 1.82) is 10.5 Å². The molecule has 0 aliphatic rings. The molecule has 1 heterocycles. The standard InChI is InChI=1S/C16H14N4O3S/c1-3-22-13-8-10(4-5-12(13)23-7-6-17)14-11(9-18)15(21)20-16(19-14)24-2/h4-5,8H,3,7H2,1-2H3,(H,19,20,21). The number of aromatic amines is 1. The molecule has 1 aromatic heterocycles. The molecule has 0 aliphatic carbocycles. The number of nitrogens with one attached hydrogen (secondary N) is 1. The molecule has 0 spiro atoms. The average molecular weight is 342 g/mol. The molecule has 0 unspecified atom stereocenters. The van der Waals surface area contributed by atoms with E-state index in [4.69, 9.17) is 14.7 Å². The summed E-state index contributed by atoms with van der Waals surface area (Å²) in [6, 6.07) is 8.71. The minimum absolute atomic E-state index is 0.0686. The Bertz CT molecular complexity index is 880. The Balaban J connectivity index is 2.59. The summed E-state index contributed by atoms with van der Waals surface area (Å²) in [5.41, 5.74) is 0.273. The maximum atomic E-state index is 12.0. The Morgan fingerprint density at radius 3 is 2.71 bits per heavy atom. The topological polar surface area (TPSA) is 112 Å². The molecule has 0 aliphatic heterocycles. The molecular weight excluding hydrogens is 328 g/mol. The molecule has 2 aromatic rings. The van der Waals surface area contributed by atoms with Crippen LogP contribution in [-0.2, 0) is 0 Å². The first-order valence-corrected chi connectivity index (χ1v) is 8.22. The number of hydrogen-bond donors (Lipinski definition) is 1. The summed E-state index contributed by atoms with van der Waals surface area (Å²) >= 11 is 1.27. The molecule has 122 valence electrons. The quantitative estimate of drug-likeness (QED) is 0.633. The van der Waals surface area contributed by atoms with E-state index in [2.05, 4.69) is 9.97 Å². The van der Waals surface area contributed by atoms with Gasteiger partial charge in [0.1, 0.15) is 17.7 Å². The van der Waals surface area contributed by atoms with Gasteiger partial charge in [-0.2, -0.15) is 10.5 Å². The second kappa shape index (κ2) is 8.04. The van der Waals surface area contributed by atoms with Crippen molar-refractivity contribution < 1.29 is 9.47 Å². The molecule has 0 saturated carbocycles. The van der Waals surface area contributed by atoms with Crippen LogP contribution in [0.3, 0.4) is 0 Å². The maximum Gasteiger partial charge on any atom is 0.270 e. The zero-order chi connectivity index (χ0) is 17.5. The number of aromatic nitrogens is 2. The number of benzene rings is 1. The van der Waals surface area contributed by atoms with Crippen LogP contribution in [0.5, 0.6) is 11.5 Å². The van der Waals surface area contributed by atoms with Crippen LogP contribution >= 0.6 is 11.8 Å². The lowest BCUT2D eigenvalue weighted by Crippen LogP contribution is -2.14. The van der Waals surface area contributed by atoms with Crippen LogP contribution in [0.1, 0.15) is 12.5 Å². The van der Waals surface area contributed by atoms with E-state index in [1.54, 1.807) is 24.5 Å². The summed E-state index contributed by atoms with van der Waals surface area (Å²) in [5, 5.41) is 18.3. The summed E-state index contributed by atoms with van der Waals surface area (Å²) < 4.78 is 10.8. The van der Waals surface area contributed by atoms with Gasteiger partial charge in [-0.15, -0.1) is 0 Å². The van der Waals surface area contributed by atoms with Crippen molar-refractivity contribution in [2.24, 2.45) is 0 Å². The first kappa shape index (κ1) is 17.4. The van der Waals surface area contributed by atoms with Crippen molar-refractivity contribution >= 4 is 11.8 Å². The second-order valence-corrected chi connectivity index (χ2v) is 5.25. The van der Waals surface area contributed by atoms with E-state index in [-0.39, 0.29) is 17.9 Å². The van der Waals surface area contributed by atoms with Gasteiger partial charge in [0.05, 0.1) is 12.3 Å². The molecule has 2 rings (SSSR count). The third kappa shape index (κ3) is 3.67. The van der Waals surface area contributed by atoms with Gasteiger partial charge in [0.25, 0.3) is 5.56 Å². The fourth-order valence-electron chi connectivity index (χ4n) is 2.01. The van der Waals surface area contributed by atoms with Gasteiger partial charge in [-0.3, -0.25) is 4.79 Å². The number of hydrogen-bond acceptors (Lipinski definition) is 7. The van der Waals surface area contributed by atoms with Gasteiger partial charge < -0.3 is 14.5 Å². The van der Waals surface area contributed by atoms with Crippen molar-refractivity contribution in [3.8, 4) is 34.9 Å². The summed E-state index contributed by atoms with van der Waals surface area (Å²) in [6.45, 7) is 2.11. The van der Waals surface area contributed by atoms with Crippen molar-refractivity contribution in [2.45, 2.75) is 12.1 Å². The van der Waals surface area contributed by atoms with Crippen LogP contribution in [0.25, 0.3) is 11.3 Å². The van der Waals surface area contributed by atoms with Gasteiger partial charge >= 0.3 is 0 Å². The first-order chi connectivity index (χ1) is 11.6. The predicted octanol–water partition coefficient (Wildman–Crippen LogP) is 2.33. The molecule has 0 atom stereocenters. The summed E-state index contributed by atoms with van der Waals surface area (Å²) in [7, 11) is 0. The largest absolute Gasteiger partial charge is 0.490 e. The van der Waals surface area contributed by atoms with Crippen LogP contribution < -0.4 is 15.0 Å². The number of thioether (sulfide) groups is 1. The van der Waals surface area contributed by atoms with Crippen LogP contribution in [0.15, 0.2) is 28.2 Å². The van der Waals surface area contributed by atoms with Crippen molar-refractivity contribution in [3.05, 3.63) is 34.1 Å². The smallest absolute Gasteiger partial charge is 0.270 e. The van der Waals surface area contributed by atoms with Crippen LogP contribution in [0.4, 0.5) is 0 Å². The van der Waals surface area contributed by atoms with Gasteiger partial charge in [-0.1, -0.05) is 11.8 Å². The van der Waals surface area contributed by atoms with Gasteiger partial charge in [0.15, 0.2) is 23.3 Å². The molecule has 0 bridgehead atoms. The Labute approximate surface area is 142 Å². The molecule has 0 radical (unpaired) electrons. The molecular formula is C16H14N4O3S. The Kier molecular flexibility index (Phi) is 5.83. The molecule has 0 saturated heterocycles. The van der Waals surface area contributed by atoms with Crippen LogP contribution in [0, 0.1) is 22.7 Å². The molecule has 0 amide bonds. The number of rotatable bonds is 6. The first-order valence-electron chi connectivity index (χ1n) is 7.00. The minimum Gasteiger partial charge on any atom is -0.490 e. The third-order valence-corrected chi connectivity index (χ3v) is 3.59. The fraction of sp³-hybridized carbons (Fsp3) is 0.250. The highest BCUT2D eigenvalue weighted by Crippen LogP contribution is 2.33. The average Bonchev–Trinajstić information content (AvgIpc) is 2.60. The van der Waals surface area contributed by atoms with E-state index in [0.29, 0.717) is 28.8 Å². The Morgan fingerprint density at radius 2 is 2.08 bits per heavy atom. The van der Waals surface area contributed by atoms with Crippen molar-refractivity contribution in [3.63, 3.8) is 0 Å². The number of nitrogens with zero attached hydrogens (tertiary/aromatic N) is 3. The zero-order valence-electron chi connectivity index (χ0n) is 13.1. The number of nitriles is 2. The lowest BCUT2D eigenvalue weighted by atomic mass is 10.1. The highest BCUT2D eigenvalue weighted by Gasteiger charge is 2.15. The van der Waals surface area contributed by atoms with E-state index in [1.165, 1.54) is 11.8 Å². The van der Waals surface area contributed by atoms with Gasteiger partial charge in [0.2, 0.25) is 0 Å². The zero-order valence-corrected chi connectivity index (χ0v) is 13.9. The van der Waals surface area contributed by atoms with E-state index >= 15 is 0 Å². The van der Waals surface area contributed by atoms with Gasteiger partial charge in [-0.05, 0) is 31.4 Å². The van der Waals surface area contributed by atoms with Crippen LogP contribution in [-0.4, -0.2) is 29.4 Å². The SMILES string of the molecule is CCOc1cc(-c2nc(SC)[nH]c(=O)c2C#N)ccc1OCC#N. The van der Waals surface area contributed by atoms with Gasteiger partial charge in [-0.25, -0.2) is 4.98 Å². The van der Waals surface area contributed by atoms with Gasteiger partial charge in [0, 0.05) is 5.56 Å². The minimum atomic E-state index is -0.491. The maximum absolute atomic E-state index is 12.0. The van der Waals surface area contributed by atoms with E-state index < -0.39 is 5.56 Å². The highest BCUT2D eigenvalue weighted by atomic mass is 32.2. The van der Waals surface area contributed by atoms with E-state index in [1.807, 2.05) is 19.1 Å². The summed E-state index contributed by atoms with van der Waals surface area (Å²) in [5.74, 6) is 0.831. The normalized spacial score (nSPS) is 9.83. The van der Waals surface area contributed by atoms with E-state index in [9.17, 15) is 10.1 Å². The number of ether oxygens (including phenoxy) is 2. The highest BCUT2D eigenvalue weighted by molar-refractivity contribution is 7.98. The lowest BCUT2D eigenvalue weighted by Gasteiger charge is -2.12. The van der Waals surface area contributed by atoms with Crippen LogP contribution in [0.2, 0.25) is 0 Å². The number of H-pyrrole nitrogens is 1.